The van der Waals surface area contributed by atoms with Crippen LogP contribution in [-0.2, 0) is 4.79 Å². The van der Waals surface area contributed by atoms with Crippen molar-refractivity contribution in [2.45, 2.75) is 65.4 Å². The maximum atomic E-state index is 13.0. The van der Waals surface area contributed by atoms with E-state index in [0.29, 0.717) is 28.6 Å². The molecule has 8 nitrogen and oxygen atoms in total. The number of nitrogens with zero attached hydrogens (tertiary/aromatic N) is 3. The molecule has 11 heteroatoms. The maximum absolute atomic E-state index is 13.0. The molecule has 39 heavy (non-hydrogen) atoms. The Kier molecular flexibility index (Phi) is 7.55. The molecule has 1 aromatic heterocycles. The van der Waals surface area contributed by atoms with Crippen LogP contribution in [0.1, 0.15) is 63.4 Å². The van der Waals surface area contributed by atoms with Gasteiger partial charge >= 0.3 is 12.3 Å². The Balaban J connectivity index is 1.73. The van der Waals surface area contributed by atoms with Crippen molar-refractivity contribution in [3.63, 3.8) is 0 Å². The van der Waals surface area contributed by atoms with Gasteiger partial charge in [0.15, 0.2) is 0 Å². The van der Waals surface area contributed by atoms with Crippen molar-refractivity contribution in [2.24, 2.45) is 11.3 Å². The molecule has 0 aliphatic heterocycles. The summed E-state index contributed by atoms with van der Waals surface area (Å²) in [5, 5.41) is 12.5. The highest BCUT2D eigenvalue weighted by Crippen LogP contribution is 2.46. The Morgan fingerprint density at radius 3 is 2.44 bits per heavy atom. The van der Waals surface area contributed by atoms with E-state index in [1.807, 2.05) is 6.07 Å². The van der Waals surface area contributed by atoms with Gasteiger partial charge in [0.2, 0.25) is 5.95 Å². The second-order valence-corrected chi connectivity index (χ2v) is 11.2. The molecule has 3 atom stereocenters. The number of carbonyl (C=O) groups excluding carboxylic acids is 1. The molecule has 1 fully saturated rings. The second kappa shape index (κ2) is 10.4. The fourth-order valence-corrected chi connectivity index (χ4v) is 5.60. The summed E-state index contributed by atoms with van der Waals surface area (Å²) in [6.45, 7) is 8.12. The molecule has 210 valence electrons. The van der Waals surface area contributed by atoms with Gasteiger partial charge in [0.1, 0.15) is 11.8 Å². The minimum atomic E-state index is -4.78. The Morgan fingerprint density at radius 2 is 1.85 bits per heavy atom. The second-order valence-electron chi connectivity index (χ2n) is 11.2. The Bertz CT molecular complexity index is 1370. The lowest BCUT2D eigenvalue weighted by Crippen LogP contribution is -2.40. The molecule has 1 heterocycles. The number of hydrogen-bond donors (Lipinski definition) is 2. The zero-order chi connectivity index (χ0) is 28.7. The Hall–Kier alpha value is -3.76. The van der Waals surface area contributed by atoms with Crippen molar-refractivity contribution in [1.29, 1.82) is 0 Å². The van der Waals surface area contributed by atoms with Crippen LogP contribution in [0.2, 0.25) is 0 Å². The van der Waals surface area contributed by atoms with Gasteiger partial charge in [-0.05, 0) is 80.0 Å². The van der Waals surface area contributed by atoms with Gasteiger partial charge in [-0.25, -0.2) is 9.78 Å². The fraction of sp³-hybridized carbons (Fsp3) is 0.464. The molecular weight excluding hydrogens is 513 g/mol. The van der Waals surface area contributed by atoms with Gasteiger partial charge < -0.3 is 24.6 Å². The normalized spacial score (nSPS) is 19.9. The van der Waals surface area contributed by atoms with Gasteiger partial charge in [0.25, 0.3) is 5.91 Å². The molecule has 0 bridgehead atoms. The number of halogens is 3. The summed E-state index contributed by atoms with van der Waals surface area (Å²) in [7, 11) is 1.44. The van der Waals surface area contributed by atoms with Crippen LogP contribution >= 0.6 is 0 Å². The molecule has 1 amide bonds. The summed E-state index contributed by atoms with van der Waals surface area (Å²) in [5.74, 6) is -0.907. The number of carboxylic acid groups (broad SMARTS) is 1. The van der Waals surface area contributed by atoms with Crippen molar-refractivity contribution in [3.8, 4) is 5.75 Å². The molecule has 2 aromatic carbocycles. The van der Waals surface area contributed by atoms with Crippen LogP contribution in [0, 0.1) is 11.3 Å². The third-order valence-corrected chi connectivity index (χ3v) is 7.27. The topological polar surface area (TPSA) is 96.7 Å². The number of rotatable bonds is 7. The third kappa shape index (κ3) is 6.46. The molecule has 1 unspecified atom stereocenters. The summed E-state index contributed by atoms with van der Waals surface area (Å²) >= 11 is 0. The summed E-state index contributed by atoms with van der Waals surface area (Å²) in [4.78, 5) is 30.3. The van der Waals surface area contributed by atoms with E-state index in [1.165, 1.54) is 38.2 Å². The van der Waals surface area contributed by atoms with Gasteiger partial charge in [-0.2, -0.15) is 0 Å². The predicted octanol–water partition coefficient (Wildman–Crippen LogP) is 6.61. The van der Waals surface area contributed by atoms with Crippen LogP contribution < -0.4 is 10.1 Å². The molecule has 0 saturated heterocycles. The largest absolute Gasteiger partial charge is 0.573 e. The quantitative estimate of drug-likeness (QED) is 0.346. The van der Waals surface area contributed by atoms with E-state index in [2.05, 4.69) is 35.4 Å². The van der Waals surface area contributed by atoms with Gasteiger partial charge in [-0.15, -0.1) is 13.2 Å². The van der Waals surface area contributed by atoms with E-state index in [-0.39, 0.29) is 17.2 Å². The van der Waals surface area contributed by atoms with Crippen molar-refractivity contribution in [3.05, 3.63) is 48.0 Å². The highest BCUT2D eigenvalue weighted by atomic mass is 19.4. The first-order chi connectivity index (χ1) is 18.1. The molecule has 2 N–H and O–H groups in total. The summed E-state index contributed by atoms with van der Waals surface area (Å²) in [5.41, 5.74) is 2.27. The number of fused-ring (bicyclic) bond motifs is 1. The number of hydrogen-bond acceptors (Lipinski definition) is 5. The van der Waals surface area contributed by atoms with Crippen molar-refractivity contribution in [1.82, 2.24) is 14.5 Å². The van der Waals surface area contributed by atoms with Gasteiger partial charge in [-0.3, -0.25) is 4.79 Å². The number of anilines is 2. The number of ether oxygens (including phenoxy) is 1. The molecule has 3 aromatic rings. The number of aliphatic carboxylic acids is 1. The van der Waals surface area contributed by atoms with Crippen LogP contribution in [0.15, 0.2) is 42.5 Å². The van der Waals surface area contributed by atoms with Crippen molar-refractivity contribution >= 4 is 34.5 Å². The van der Waals surface area contributed by atoms with Gasteiger partial charge in [0.05, 0.1) is 11.0 Å². The van der Waals surface area contributed by atoms with Crippen LogP contribution in [-0.4, -0.2) is 50.9 Å². The number of aromatic nitrogens is 2. The molecule has 0 spiro atoms. The number of benzene rings is 2. The highest BCUT2D eigenvalue weighted by Gasteiger charge is 2.35. The van der Waals surface area contributed by atoms with Gasteiger partial charge in [0, 0.05) is 24.3 Å². The van der Waals surface area contributed by atoms with E-state index in [4.69, 9.17) is 4.98 Å². The van der Waals surface area contributed by atoms with E-state index in [0.717, 1.165) is 29.7 Å². The lowest BCUT2D eigenvalue weighted by molar-refractivity contribution is -0.274. The monoisotopic (exact) mass is 546 g/mol. The standard InChI is InChI=1S/C28H33F3N4O4/c1-16-12-20(15-27(3,4)14-16)35-23-11-6-18(24(36)34(5)17(2)25(37)38)13-22(23)33-26(35)32-19-7-9-21(10-8-19)39-28(29,30)31/h6-11,13,16-17,20H,12,14-15H2,1-5H3,(H,32,33)(H,37,38)/t16-,17?,20+/m0/s1. The molecular formula is C28H33F3N4O4. The van der Waals surface area contributed by atoms with E-state index in [9.17, 15) is 27.9 Å². The number of alkyl halides is 3. The van der Waals surface area contributed by atoms with Gasteiger partial charge in [-0.1, -0.05) is 20.8 Å². The average Bonchev–Trinajstić information content (AvgIpc) is 3.18. The molecule has 1 saturated carbocycles. The maximum Gasteiger partial charge on any atom is 0.573 e. The number of imidazole rings is 1. The SMILES string of the molecule is CC(C(=O)O)N(C)C(=O)c1ccc2c(c1)nc(Nc1ccc(OC(F)(F)F)cc1)n2[C@@H]1C[C@H](C)CC(C)(C)C1. The first-order valence-electron chi connectivity index (χ1n) is 12.8. The third-order valence-electron chi connectivity index (χ3n) is 7.27. The Labute approximate surface area is 224 Å². The van der Waals surface area contributed by atoms with Crippen molar-refractivity contribution in [2.75, 3.05) is 12.4 Å². The smallest absolute Gasteiger partial charge is 0.480 e. The number of amides is 1. The van der Waals surface area contributed by atoms with E-state index < -0.39 is 24.3 Å². The fourth-order valence-electron chi connectivity index (χ4n) is 5.60. The molecule has 4 rings (SSSR count). The lowest BCUT2D eigenvalue weighted by Gasteiger charge is -2.40. The zero-order valence-electron chi connectivity index (χ0n) is 22.5. The zero-order valence-corrected chi connectivity index (χ0v) is 22.5. The number of carboxylic acids is 1. The van der Waals surface area contributed by atoms with Crippen molar-refractivity contribution < 1.29 is 32.6 Å². The number of nitrogens with one attached hydrogen (secondary N) is 1. The highest BCUT2D eigenvalue weighted by molar-refractivity contribution is 5.99. The number of likely N-dealkylation sites (N-methyl/N-ethyl adjacent to an activating group) is 1. The van der Waals surface area contributed by atoms with E-state index in [1.54, 1.807) is 12.1 Å². The molecule has 0 radical (unpaired) electrons. The van der Waals surface area contributed by atoms with E-state index >= 15 is 0 Å². The van der Waals surface area contributed by atoms with Crippen LogP contribution in [0.5, 0.6) is 5.75 Å². The minimum Gasteiger partial charge on any atom is -0.480 e. The first-order valence-corrected chi connectivity index (χ1v) is 12.8. The number of carbonyl (C=O) groups is 2. The molecule has 1 aliphatic carbocycles. The first kappa shape index (κ1) is 28.3. The summed E-state index contributed by atoms with van der Waals surface area (Å²) in [6, 6.07) is 9.63. The predicted molar refractivity (Wildman–Crippen MR) is 141 cm³/mol. The van der Waals surface area contributed by atoms with Crippen LogP contribution in [0.3, 0.4) is 0 Å². The lowest BCUT2D eigenvalue weighted by atomic mass is 9.70. The van der Waals surface area contributed by atoms with Crippen LogP contribution in [0.4, 0.5) is 24.8 Å². The molecule has 1 aliphatic rings. The van der Waals surface area contributed by atoms with Crippen LogP contribution in [0.25, 0.3) is 11.0 Å². The summed E-state index contributed by atoms with van der Waals surface area (Å²) in [6.07, 6.45) is -1.87. The minimum absolute atomic E-state index is 0.0956. The summed E-state index contributed by atoms with van der Waals surface area (Å²) < 4.78 is 43.8. The Morgan fingerprint density at radius 1 is 1.18 bits per heavy atom. The average molecular weight is 547 g/mol.